The van der Waals surface area contributed by atoms with Gasteiger partial charge in [-0.3, -0.25) is 9.78 Å². The number of hydrogen-bond acceptors (Lipinski definition) is 4. The first-order valence-electron chi connectivity index (χ1n) is 7.50. The molecule has 6 nitrogen and oxygen atoms in total. The first-order valence-corrected chi connectivity index (χ1v) is 7.88. The zero-order chi connectivity index (χ0) is 17.3. The van der Waals surface area contributed by atoms with Gasteiger partial charge in [0.2, 0.25) is 0 Å². The number of benzene rings is 1. The topological polar surface area (TPSA) is 96.7 Å². The van der Waals surface area contributed by atoms with Crippen LogP contribution in [0.3, 0.4) is 0 Å². The lowest BCUT2D eigenvalue weighted by Crippen LogP contribution is -2.45. The number of rotatable bonds is 4. The summed E-state index contributed by atoms with van der Waals surface area (Å²) in [6, 6.07) is 7.57. The van der Waals surface area contributed by atoms with E-state index in [2.05, 4.69) is 20.3 Å². The molecule has 0 fully saturated rings. The van der Waals surface area contributed by atoms with Crippen molar-refractivity contribution in [3.63, 3.8) is 0 Å². The minimum Gasteiger partial charge on any atom is -0.352 e. The minimum atomic E-state index is -0.491. The van der Waals surface area contributed by atoms with Gasteiger partial charge in [-0.2, -0.15) is 0 Å². The van der Waals surface area contributed by atoms with Gasteiger partial charge in [0.1, 0.15) is 11.4 Å². The molecule has 0 saturated heterocycles. The molecule has 0 saturated carbocycles. The molecule has 1 aromatic carbocycles. The fourth-order valence-electron chi connectivity index (χ4n) is 2.26. The number of aromatic amines is 1. The number of amides is 1. The van der Waals surface area contributed by atoms with E-state index in [1.807, 2.05) is 38.1 Å². The van der Waals surface area contributed by atoms with E-state index in [1.165, 1.54) is 6.20 Å². The van der Waals surface area contributed by atoms with Crippen LogP contribution in [0.25, 0.3) is 22.3 Å². The molecule has 0 atom stereocenters. The van der Waals surface area contributed by atoms with Gasteiger partial charge in [0, 0.05) is 17.5 Å². The van der Waals surface area contributed by atoms with Crippen molar-refractivity contribution in [3.05, 3.63) is 47.4 Å². The van der Waals surface area contributed by atoms with Crippen LogP contribution in [0.15, 0.2) is 36.7 Å². The van der Waals surface area contributed by atoms with E-state index in [0.29, 0.717) is 17.3 Å². The number of carbonyl (C=O) groups excluding carboxylic acids is 1. The first kappa shape index (κ1) is 16.4. The standard InChI is InChI=1S/C17H18ClN5O/c1-17(2,19)9-21-16(24)14-8-20-7-13(22-14)12-6-10-4-3-5-11(18)15(10)23-12/h3-8,23H,9,19H2,1-2H3,(H,21,24). The largest absolute Gasteiger partial charge is 0.352 e. The molecule has 24 heavy (non-hydrogen) atoms. The van der Waals surface area contributed by atoms with E-state index >= 15 is 0 Å². The van der Waals surface area contributed by atoms with Crippen molar-refractivity contribution in [1.82, 2.24) is 20.3 Å². The van der Waals surface area contributed by atoms with E-state index in [9.17, 15) is 4.79 Å². The van der Waals surface area contributed by atoms with Crippen LogP contribution in [0.2, 0.25) is 5.02 Å². The van der Waals surface area contributed by atoms with Gasteiger partial charge in [-0.15, -0.1) is 0 Å². The highest BCUT2D eigenvalue weighted by molar-refractivity contribution is 6.35. The SMILES string of the molecule is CC(C)(N)CNC(=O)c1cncc(-c2cc3cccc(Cl)c3[nH]2)n1. The predicted octanol–water partition coefficient (Wildman–Crippen LogP) is 2.75. The van der Waals surface area contributed by atoms with Gasteiger partial charge in [-0.05, 0) is 26.0 Å². The maximum Gasteiger partial charge on any atom is 0.271 e. The summed E-state index contributed by atoms with van der Waals surface area (Å²) in [5.74, 6) is -0.308. The Morgan fingerprint density at radius 2 is 2.17 bits per heavy atom. The molecule has 0 aliphatic heterocycles. The molecule has 0 bridgehead atoms. The monoisotopic (exact) mass is 343 g/mol. The van der Waals surface area contributed by atoms with Crippen molar-refractivity contribution in [1.29, 1.82) is 0 Å². The number of fused-ring (bicyclic) bond motifs is 1. The van der Waals surface area contributed by atoms with Crippen LogP contribution in [0.5, 0.6) is 0 Å². The van der Waals surface area contributed by atoms with E-state index in [-0.39, 0.29) is 11.6 Å². The number of H-pyrrole nitrogens is 1. The lowest BCUT2D eigenvalue weighted by atomic mass is 10.1. The number of nitrogens with zero attached hydrogens (tertiary/aromatic N) is 2. The van der Waals surface area contributed by atoms with Crippen LogP contribution in [-0.2, 0) is 0 Å². The van der Waals surface area contributed by atoms with Crippen molar-refractivity contribution in [2.45, 2.75) is 19.4 Å². The lowest BCUT2D eigenvalue weighted by Gasteiger charge is -2.18. The van der Waals surface area contributed by atoms with Gasteiger partial charge in [-0.1, -0.05) is 23.7 Å². The van der Waals surface area contributed by atoms with E-state index in [4.69, 9.17) is 17.3 Å². The first-order chi connectivity index (χ1) is 11.3. The van der Waals surface area contributed by atoms with E-state index in [0.717, 1.165) is 16.6 Å². The summed E-state index contributed by atoms with van der Waals surface area (Å²) < 4.78 is 0. The molecule has 3 aromatic rings. The van der Waals surface area contributed by atoms with Crippen LogP contribution in [0.4, 0.5) is 0 Å². The van der Waals surface area contributed by atoms with Gasteiger partial charge in [-0.25, -0.2) is 4.98 Å². The van der Waals surface area contributed by atoms with Crippen molar-refractivity contribution in [2.75, 3.05) is 6.54 Å². The molecule has 3 rings (SSSR count). The van der Waals surface area contributed by atoms with E-state index in [1.54, 1.807) is 6.20 Å². The number of halogens is 1. The number of nitrogens with two attached hydrogens (primary N) is 1. The molecule has 0 aliphatic rings. The summed E-state index contributed by atoms with van der Waals surface area (Å²) in [7, 11) is 0. The fraction of sp³-hybridized carbons (Fsp3) is 0.235. The third-order valence-electron chi connectivity index (χ3n) is 3.45. The minimum absolute atomic E-state index is 0.238. The summed E-state index contributed by atoms with van der Waals surface area (Å²) in [5, 5.41) is 4.36. The second-order valence-electron chi connectivity index (χ2n) is 6.35. The Kier molecular flexibility index (Phi) is 4.26. The van der Waals surface area contributed by atoms with Gasteiger partial charge in [0.05, 0.1) is 28.6 Å². The smallest absolute Gasteiger partial charge is 0.271 e. The molecular weight excluding hydrogens is 326 g/mol. The maximum absolute atomic E-state index is 12.2. The highest BCUT2D eigenvalue weighted by Crippen LogP contribution is 2.27. The molecule has 2 heterocycles. The average molecular weight is 344 g/mol. The van der Waals surface area contributed by atoms with Crippen LogP contribution in [-0.4, -0.2) is 32.9 Å². The third kappa shape index (κ3) is 3.55. The van der Waals surface area contributed by atoms with Gasteiger partial charge in [0.15, 0.2) is 0 Å². The Hall–Kier alpha value is -2.44. The molecule has 0 unspecified atom stereocenters. The second-order valence-corrected chi connectivity index (χ2v) is 6.76. The normalized spacial score (nSPS) is 11.7. The third-order valence-corrected chi connectivity index (χ3v) is 3.77. The van der Waals surface area contributed by atoms with Crippen LogP contribution >= 0.6 is 11.6 Å². The zero-order valence-electron chi connectivity index (χ0n) is 13.4. The fourth-order valence-corrected chi connectivity index (χ4v) is 2.49. The van der Waals surface area contributed by atoms with E-state index < -0.39 is 5.54 Å². The zero-order valence-corrected chi connectivity index (χ0v) is 14.2. The second kappa shape index (κ2) is 6.22. The summed E-state index contributed by atoms with van der Waals surface area (Å²) in [6.45, 7) is 4.02. The van der Waals surface area contributed by atoms with Crippen LogP contribution in [0.1, 0.15) is 24.3 Å². The number of para-hydroxylation sites is 1. The molecule has 0 aliphatic carbocycles. The summed E-state index contributed by atoms with van der Waals surface area (Å²) in [6.07, 6.45) is 3.03. The molecular formula is C17H18ClN5O. The van der Waals surface area contributed by atoms with Gasteiger partial charge >= 0.3 is 0 Å². The van der Waals surface area contributed by atoms with Gasteiger partial charge in [0.25, 0.3) is 5.91 Å². The van der Waals surface area contributed by atoms with Crippen molar-refractivity contribution >= 4 is 28.4 Å². The average Bonchev–Trinajstić information content (AvgIpc) is 2.98. The number of carbonyl (C=O) groups is 1. The summed E-state index contributed by atoms with van der Waals surface area (Å²) in [5.41, 5.74) is 7.77. The van der Waals surface area contributed by atoms with Crippen molar-refractivity contribution < 1.29 is 4.79 Å². The quantitative estimate of drug-likeness (QED) is 0.678. The van der Waals surface area contributed by atoms with Crippen molar-refractivity contribution in [3.8, 4) is 11.4 Å². The predicted molar refractivity (Wildman–Crippen MR) is 94.9 cm³/mol. The number of hydrogen-bond donors (Lipinski definition) is 3. The highest BCUT2D eigenvalue weighted by Gasteiger charge is 2.15. The maximum atomic E-state index is 12.2. The Labute approximate surface area is 144 Å². The molecule has 7 heteroatoms. The molecule has 0 radical (unpaired) electrons. The van der Waals surface area contributed by atoms with Gasteiger partial charge < -0.3 is 16.0 Å². The Balaban J connectivity index is 1.89. The lowest BCUT2D eigenvalue weighted by molar-refractivity contribution is 0.0940. The highest BCUT2D eigenvalue weighted by atomic mass is 35.5. The van der Waals surface area contributed by atoms with Crippen molar-refractivity contribution in [2.24, 2.45) is 5.73 Å². The Morgan fingerprint density at radius 1 is 1.38 bits per heavy atom. The molecule has 2 aromatic heterocycles. The molecule has 124 valence electrons. The Bertz CT molecular complexity index is 897. The summed E-state index contributed by atoms with van der Waals surface area (Å²) in [4.78, 5) is 23.9. The van der Waals surface area contributed by atoms with Crippen LogP contribution in [0, 0.1) is 0 Å². The Morgan fingerprint density at radius 3 is 2.88 bits per heavy atom. The number of nitrogens with one attached hydrogen (secondary N) is 2. The number of aromatic nitrogens is 3. The summed E-state index contributed by atoms with van der Waals surface area (Å²) >= 11 is 6.18. The molecule has 0 spiro atoms. The molecule has 1 amide bonds. The van der Waals surface area contributed by atoms with Crippen LogP contribution < -0.4 is 11.1 Å². The molecule has 4 N–H and O–H groups in total.